The average molecular weight is 439 g/mol. The van der Waals surface area contributed by atoms with E-state index in [0.717, 1.165) is 25.9 Å². The highest BCUT2D eigenvalue weighted by atomic mass is 16.6. The van der Waals surface area contributed by atoms with Crippen LogP contribution in [0.15, 0.2) is 11.3 Å². The molecule has 0 aliphatic carbocycles. The summed E-state index contributed by atoms with van der Waals surface area (Å²) in [6, 6.07) is -0.278. The van der Waals surface area contributed by atoms with E-state index in [1.54, 1.807) is 11.8 Å². The second kappa shape index (κ2) is 10.8. The highest BCUT2D eigenvalue weighted by Crippen LogP contribution is 2.22. The van der Waals surface area contributed by atoms with E-state index >= 15 is 0 Å². The zero-order chi connectivity index (χ0) is 23.2. The summed E-state index contributed by atoms with van der Waals surface area (Å²) in [5.41, 5.74) is 0.517. The first-order valence-electron chi connectivity index (χ1n) is 11.2. The summed E-state index contributed by atoms with van der Waals surface area (Å²) in [6.07, 6.45) is 1.71. The molecule has 2 rings (SSSR count). The van der Waals surface area contributed by atoms with Crippen molar-refractivity contribution in [3.63, 3.8) is 0 Å². The molecule has 0 aromatic heterocycles. The lowest BCUT2D eigenvalue weighted by atomic mass is 9.96. The third-order valence-corrected chi connectivity index (χ3v) is 5.27. The van der Waals surface area contributed by atoms with Gasteiger partial charge in [-0.3, -0.25) is 4.90 Å². The minimum absolute atomic E-state index is 0.0343. The predicted octanol–water partition coefficient (Wildman–Crippen LogP) is 2.47. The van der Waals surface area contributed by atoms with Gasteiger partial charge in [0.05, 0.1) is 18.7 Å². The predicted molar refractivity (Wildman–Crippen MR) is 117 cm³/mol. The van der Waals surface area contributed by atoms with E-state index in [0.29, 0.717) is 24.4 Å². The molecule has 2 aliphatic rings. The number of hydrogen-bond donors (Lipinski definition) is 2. The van der Waals surface area contributed by atoms with E-state index in [1.807, 2.05) is 34.6 Å². The Morgan fingerprint density at radius 1 is 1.29 bits per heavy atom. The van der Waals surface area contributed by atoms with Crippen molar-refractivity contribution < 1.29 is 23.9 Å². The van der Waals surface area contributed by atoms with Crippen molar-refractivity contribution in [1.29, 1.82) is 0 Å². The molecule has 0 saturated carbocycles. The van der Waals surface area contributed by atoms with Crippen molar-refractivity contribution in [1.82, 2.24) is 20.4 Å². The summed E-state index contributed by atoms with van der Waals surface area (Å²) >= 11 is 0. The lowest BCUT2D eigenvalue weighted by Gasteiger charge is -2.38. The molecule has 31 heavy (non-hydrogen) atoms. The molecule has 3 amide bonds. The number of likely N-dealkylation sites (tertiary alicyclic amines) is 1. The molecule has 1 atom stereocenters. The molecule has 2 aliphatic heterocycles. The molecule has 1 unspecified atom stereocenters. The molecule has 176 valence electrons. The quantitative estimate of drug-likeness (QED) is 0.593. The number of hydrogen-bond acceptors (Lipinski definition) is 6. The summed E-state index contributed by atoms with van der Waals surface area (Å²) in [4.78, 5) is 40.8. The first-order valence-corrected chi connectivity index (χ1v) is 11.2. The van der Waals surface area contributed by atoms with Gasteiger partial charge in [0, 0.05) is 31.4 Å². The van der Waals surface area contributed by atoms with Crippen LogP contribution in [0.4, 0.5) is 9.59 Å². The van der Waals surface area contributed by atoms with E-state index in [-0.39, 0.29) is 37.2 Å². The fourth-order valence-corrected chi connectivity index (χ4v) is 3.84. The number of ether oxygens (including phenoxy) is 2. The van der Waals surface area contributed by atoms with Crippen LogP contribution in [0.1, 0.15) is 54.4 Å². The van der Waals surface area contributed by atoms with Gasteiger partial charge >= 0.3 is 18.1 Å². The zero-order valence-electron chi connectivity index (χ0n) is 19.7. The van der Waals surface area contributed by atoms with E-state index in [9.17, 15) is 14.4 Å². The normalized spacial score (nSPS) is 20.2. The summed E-state index contributed by atoms with van der Waals surface area (Å²) in [5.74, 6) is -0.123. The van der Waals surface area contributed by atoms with Crippen LogP contribution in [0.3, 0.4) is 0 Å². The minimum atomic E-state index is -0.536. The van der Waals surface area contributed by atoms with Crippen molar-refractivity contribution in [3.05, 3.63) is 11.3 Å². The molecule has 0 aromatic carbocycles. The van der Waals surface area contributed by atoms with Gasteiger partial charge in [0.25, 0.3) is 0 Å². The molecule has 2 heterocycles. The largest absolute Gasteiger partial charge is 0.463 e. The van der Waals surface area contributed by atoms with Crippen molar-refractivity contribution in [2.75, 3.05) is 39.3 Å². The molecule has 0 radical (unpaired) electrons. The number of urea groups is 1. The number of nitrogens with zero attached hydrogens (tertiary/aromatic N) is 2. The first kappa shape index (κ1) is 25.0. The Hall–Kier alpha value is -2.29. The van der Waals surface area contributed by atoms with Crippen LogP contribution in [-0.4, -0.2) is 78.9 Å². The Morgan fingerprint density at radius 2 is 2.00 bits per heavy atom. The van der Waals surface area contributed by atoms with Gasteiger partial charge in [-0.2, -0.15) is 0 Å². The van der Waals surface area contributed by atoms with Crippen molar-refractivity contribution in [2.45, 2.75) is 66.0 Å². The fourth-order valence-electron chi connectivity index (χ4n) is 3.84. The Morgan fingerprint density at radius 3 is 2.61 bits per heavy atom. The Bertz CT molecular complexity index is 699. The number of piperidine rings is 1. The van der Waals surface area contributed by atoms with Crippen molar-refractivity contribution in [2.24, 2.45) is 5.92 Å². The van der Waals surface area contributed by atoms with E-state index in [4.69, 9.17) is 9.47 Å². The molecule has 0 spiro atoms. The Labute approximate surface area is 185 Å². The summed E-state index contributed by atoms with van der Waals surface area (Å²) in [7, 11) is 0. The number of rotatable bonds is 7. The maximum atomic E-state index is 12.7. The van der Waals surface area contributed by atoms with Crippen molar-refractivity contribution in [3.8, 4) is 0 Å². The summed E-state index contributed by atoms with van der Waals surface area (Å²) in [5, 5.41) is 5.41. The third-order valence-electron chi connectivity index (χ3n) is 5.27. The molecule has 9 nitrogen and oxygen atoms in total. The molecular weight excluding hydrogens is 400 g/mol. The van der Waals surface area contributed by atoms with Gasteiger partial charge in [0.15, 0.2) is 0 Å². The lowest BCUT2D eigenvalue weighted by molar-refractivity contribution is -0.138. The highest BCUT2D eigenvalue weighted by molar-refractivity contribution is 5.93. The van der Waals surface area contributed by atoms with E-state index < -0.39 is 11.6 Å². The average Bonchev–Trinajstić information content (AvgIpc) is 2.65. The fraction of sp³-hybridized carbons (Fsp3) is 0.773. The number of esters is 1. The second-order valence-corrected chi connectivity index (χ2v) is 9.46. The molecular formula is C22H38N4O5. The number of nitrogens with one attached hydrogen (secondary N) is 2. The summed E-state index contributed by atoms with van der Waals surface area (Å²) < 4.78 is 10.7. The summed E-state index contributed by atoms with van der Waals surface area (Å²) in [6.45, 7) is 14.5. The van der Waals surface area contributed by atoms with Crippen LogP contribution in [0.5, 0.6) is 0 Å². The molecule has 1 saturated heterocycles. The number of carbonyl (C=O) groups is 3. The molecule has 9 heteroatoms. The van der Waals surface area contributed by atoms with Crippen LogP contribution in [-0.2, 0) is 14.3 Å². The van der Waals surface area contributed by atoms with Crippen LogP contribution < -0.4 is 10.6 Å². The molecule has 0 aromatic rings. The Kier molecular flexibility index (Phi) is 8.73. The zero-order valence-corrected chi connectivity index (χ0v) is 19.7. The molecule has 2 N–H and O–H groups in total. The Balaban J connectivity index is 2.05. The standard InChI is InChI=1S/C22H38N4O5/c1-7-30-19(27)17-11-23-20(28)24-18(17)14-25-10-8-9-16(12-25)13-26(15(2)3)21(29)31-22(4,5)6/h15-16H,7-14H2,1-6H3,(H2,23,24,28). The second-order valence-electron chi connectivity index (χ2n) is 9.46. The van der Waals surface area contributed by atoms with Gasteiger partial charge in [-0.15, -0.1) is 0 Å². The first-order chi connectivity index (χ1) is 14.5. The number of carbonyl (C=O) groups excluding carboxylic acids is 3. The maximum absolute atomic E-state index is 12.7. The minimum Gasteiger partial charge on any atom is -0.463 e. The molecule has 0 bridgehead atoms. The van der Waals surface area contributed by atoms with Gasteiger partial charge < -0.3 is 25.0 Å². The van der Waals surface area contributed by atoms with Crippen LogP contribution >= 0.6 is 0 Å². The molecule has 1 fully saturated rings. The van der Waals surface area contributed by atoms with Crippen LogP contribution in [0.25, 0.3) is 0 Å². The maximum Gasteiger partial charge on any atom is 0.410 e. The van der Waals surface area contributed by atoms with Gasteiger partial charge in [-0.25, -0.2) is 14.4 Å². The van der Waals surface area contributed by atoms with Gasteiger partial charge in [0.2, 0.25) is 0 Å². The van der Waals surface area contributed by atoms with Gasteiger partial charge in [0.1, 0.15) is 5.60 Å². The van der Waals surface area contributed by atoms with Crippen LogP contribution in [0, 0.1) is 5.92 Å². The van der Waals surface area contributed by atoms with Crippen molar-refractivity contribution >= 4 is 18.1 Å². The monoisotopic (exact) mass is 438 g/mol. The SMILES string of the molecule is CCOC(=O)C1=C(CN2CCCC(CN(C(=O)OC(C)(C)C)C(C)C)C2)NC(=O)NC1. The number of amides is 3. The van der Waals surface area contributed by atoms with Crippen LogP contribution in [0.2, 0.25) is 0 Å². The van der Waals surface area contributed by atoms with Gasteiger partial charge in [-0.05, 0) is 66.8 Å². The highest BCUT2D eigenvalue weighted by Gasteiger charge is 2.31. The third kappa shape index (κ3) is 7.72. The van der Waals surface area contributed by atoms with E-state index in [2.05, 4.69) is 15.5 Å². The van der Waals surface area contributed by atoms with Gasteiger partial charge in [-0.1, -0.05) is 0 Å². The van der Waals surface area contributed by atoms with E-state index in [1.165, 1.54) is 0 Å². The smallest absolute Gasteiger partial charge is 0.410 e. The topological polar surface area (TPSA) is 100 Å². The lowest BCUT2D eigenvalue weighted by Crippen LogP contribution is -2.50.